The third-order valence-electron chi connectivity index (χ3n) is 7.24. The van der Waals surface area contributed by atoms with Gasteiger partial charge in [-0.3, -0.25) is 4.55 Å². The first-order chi connectivity index (χ1) is 17.5. The number of allylic oxidation sites excluding steroid dienone is 1. The van der Waals surface area contributed by atoms with Crippen LogP contribution in [-0.2, 0) is 14.6 Å². The van der Waals surface area contributed by atoms with Gasteiger partial charge in [0.05, 0.1) is 6.61 Å². The second kappa shape index (κ2) is 27.6. The Kier molecular flexibility index (Phi) is 27.3. The zero-order chi connectivity index (χ0) is 26.6. The van der Waals surface area contributed by atoms with Crippen LogP contribution in [0.3, 0.4) is 0 Å². The standard InChI is InChI=1S/C31H62O4S/c1-3-5-7-9-11-13-15-16-17-19-21-23-25-27-29-31(30-35-36(32,33)34)28-26-24-22-20-18-14-12-10-8-6-4-2/h27,29,31H,3-26,28,30H2,1-2H3,(H,32,33,34)/b29-27+. The summed E-state index contributed by atoms with van der Waals surface area (Å²) in [6.07, 6.45) is 36.8. The highest BCUT2D eigenvalue weighted by molar-refractivity contribution is 7.80. The predicted molar refractivity (Wildman–Crippen MR) is 157 cm³/mol. The number of unbranched alkanes of at least 4 members (excludes halogenated alkanes) is 22. The van der Waals surface area contributed by atoms with Crippen LogP contribution >= 0.6 is 0 Å². The van der Waals surface area contributed by atoms with Gasteiger partial charge in [-0.2, -0.15) is 8.42 Å². The minimum absolute atomic E-state index is 0.0472. The minimum Gasteiger partial charge on any atom is -0.264 e. The molecule has 0 spiro atoms. The molecule has 1 atom stereocenters. The summed E-state index contributed by atoms with van der Waals surface area (Å²) in [4.78, 5) is 0. The summed E-state index contributed by atoms with van der Waals surface area (Å²) in [5.41, 5.74) is 0. The Balaban J connectivity index is 3.82. The third-order valence-corrected chi connectivity index (χ3v) is 7.68. The summed E-state index contributed by atoms with van der Waals surface area (Å²) in [6, 6.07) is 0. The van der Waals surface area contributed by atoms with Crippen molar-refractivity contribution in [1.29, 1.82) is 0 Å². The molecule has 0 aliphatic rings. The van der Waals surface area contributed by atoms with E-state index in [-0.39, 0.29) is 12.5 Å². The Hall–Kier alpha value is -0.390. The second-order valence-corrected chi connectivity index (χ2v) is 12.0. The highest BCUT2D eigenvalue weighted by atomic mass is 32.3. The quantitative estimate of drug-likeness (QED) is 0.0593. The number of rotatable bonds is 29. The van der Waals surface area contributed by atoms with Crippen LogP contribution in [-0.4, -0.2) is 19.6 Å². The molecule has 0 aliphatic heterocycles. The average Bonchev–Trinajstić information content (AvgIpc) is 2.84. The molecule has 0 bridgehead atoms. The average molecular weight is 531 g/mol. The molecule has 0 rings (SSSR count). The Morgan fingerprint density at radius 3 is 1.33 bits per heavy atom. The Bertz CT molecular complexity index is 559. The lowest BCUT2D eigenvalue weighted by Gasteiger charge is -2.12. The molecule has 0 aliphatic carbocycles. The van der Waals surface area contributed by atoms with Crippen molar-refractivity contribution >= 4 is 10.4 Å². The van der Waals surface area contributed by atoms with Gasteiger partial charge in [0.2, 0.25) is 0 Å². The summed E-state index contributed by atoms with van der Waals surface area (Å²) in [5, 5.41) is 0. The van der Waals surface area contributed by atoms with Crippen molar-refractivity contribution in [2.75, 3.05) is 6.61 Å². The highest BCUT2D eigenvalue weighted by Crippen LogP contribution is 2.17. The molecule has 216 valence electrons. The smallest absolute Gasteiger partial charge is 0.264 e. The maximum absolute atomic E-state index is 11.0. The topological polar surface area (TPSA) is 63.6 Å². The summed E-state index contributed by atoms with van der Waals surface area (Å²) in [7, 11) is -4.37. The predicted octanol–water partition coefficient (Wildman–Crippen LogP) is 10.8. The number of hydrogen-bond donors (Lipinski definition) is 1. The fourth-order valence-corrected chi connectivity index (χ4v) is 5.22. The molecule has 4 nitrogen and oxygen atoms in total. The van der Waals surface area contributed by atoms with Crippen LogP contribution in [0.4, 0.5) is 0 Å². The van der Waals surface area contributed by atoms with E-state index in [0.717, 1.165) is 19.3 Å². The van der Waals surface area contributed by atoms with Crippen molar-refractivity contribution in [2.45, 2.75) is 174 Å². The zero-order valence-corrected chi connectivity index (χ0v) is 25.0. The molecule has 0 aromatic carbocycles. The largest absolute Gasteiger partial charge is 0.397 e. The normalized spacial score (nSPS) is 13.1. The molecule has 1 N–H and O–H groups in total. The summed E-state index contributed by atoms with van der Waals surface area (Å²) < 4.78 is 35.6. The molecule has 5 heteroatoms. The monoisotopic (exact) mass is 530 g/mol. The molecular weight excluding hydrogens is 468 g/mol. The lowest BCUT2D eigenvalue weighted by atomic mass is 9.99. The maximum Gasteiger partial charge on any atom is 0.397 e. The minimum atomic E-state index is -4.37. The molecule has 0 saturated heterocycles. The van der Waals surface area contributed by atoms with Gasteiger partial charge in [-0.1, -0.05) is 167 Å². The molecule has 0 fully saturated rings. The summed E-state index contributed by atoms with van der Waals surface area (Å²) in [6.45, 7) is 4.58. The van der Waals surface area contributed by atoms with E-state index < -0.39 is 10.4 Å². The van der Waals surface area contributed by atoms with Gasteiger partial charge < -0.3 is 0 Å². The Labute approximate surface area is 226 Å². The molecule has 0 saturated carbocycles. The molecule has 0 heterocycles. The van der Waals surface area contributed by atoms with E-state index in [9.17, 15) is 8.42 Å². The SMILES string of the molecule is CCCCCCCCCCCCCC/C=C/C(CCCCCCCCCCCCC)COS(=O)(=O)O. The second-order valence-electron chi connectivity index (χ2n) is 10.9. The fourth-order valence-electron chi connectivity index (χ4n) is 4.87. The first kappa shape index (κ1) is 35.6. The van der Waals surface area contributed by atoms with E-state index in [2.05, 4.69) is 30.2 Å². The summed E-state index contributed by atoms with van der Waals surface area (Å²) in [5.74, 6) is 0.0582. The van der Waals surface area contributed by atoms with Crippen LogP contribution in [0, 0.1) is 5.92 Å². The Morgan fingerprint density at radius 2 is 0.944 bits per heavy atom. The van der Waals surface area contributed by atoms with Gasteiger partial charge in [-0.05, 0) is 19.3 Å². The van der Waals surface area contributed by atoms with E-state index in [0.29, 0.717) is 0 Å². The summed E-state index contributed by atoms with van der Waals surface area (Å²) >= 11 is 0. The van der Waals surface area contributed by atoms with Crippen LogP contribution in [0.2, 0.25) is 0 Å². The van der Waals surface area contributed by atoms with Crippen LogP contribution in [0.1, 0.15) is 174 Å². The van der Waals surface area contributed by atoms with Crippen molar-refractivity contribution in [3.05, 3.63) is 12.2 Å². The highest BCUT2D eigenvalue weighted by Gasteiger charge is 2.11. The van der Waals surface area contributed by atoms with Crippen molar-refractivity contribution in [3.8, 4) is 0 Å². The molecule has 0 amide bonds. The van der Waals surface area contributed by atoms with E-state index >= 15 is 0 Å². The molecule has 36 heavy (non-hydrogen) atoms. The van der Waals surface area contributed by atoms with Crippen molar-refractivity contribution in [1.82, 2.24) is 0 Å². The lowest BCUT2D eigenvalue weighted by Crippen LogP contribution is -2.12. The maximum atomic E-state index is 11.0. The van der Waals surface area contributed by atoms with E-state index in [1.807, 2.05) is 0 Å². The van der Waals surface area contributed by atoms with Crippen LogP contribution in [0.5, 0.6) is 0 Å². The van der Waals surface area contributed by atoms with Gasteiger partial charge in [-0.15, -0.1) is 0 Å². The van der Waals surface area contributed by atoms with Crippen molar-refractivity contribution in [2.24, 2.45) is 5.92 Å². The van der Waals surface area contributed by atoms with Crippen LogP contribution in [0.15, 0.2) is 12.2 Å². The van der Waals surface area contributed by atoms with E-state index in [1.165, 1.54) is 141 Å². The van der Waals surface area contributed by atoms with Crippen LogP contribution in [0.25, 0.3) is 0 Å². The van der Waals surface area contributed by atoms with Gasteiger partial charge in [-0.25, -0.2) is 4.18 Å². The first-order valence-corrected chi connectivity index (χ1v) is 17.1. The molecular formula is C31H62O4S. The van der Waals surface area contributed by atoms with Gasteiger partial charge in [0.15, 0.2) is 0 Å². The van der Waals surface area contributed by atoms with E-state index in [4.69, 9.17) is 4.55 Å². The molecule has 0 aromatic rings. The van der Waals surface area contributed by atoms with Gasteiger partial charge in [0.1, 0.15) is 0 Å². The third kappa shape index (κ3) is 29.8. The molecule has 1 unspecified atom stereocenters. The molecule has 0 radical (unpaired) electrons. The van der Waals surface area contributed by atoms with Crippen molar-refractivity contribution < 1.29 is 17.2 Å². The fraction of sp³-hybridized carbons (Fsp3) is 0.935. The number of hydrogen-bond acceptors (Lipinski definition) is 3. The van der Waals surface area contributed by atoms with Gasteiger partial charge >= 0.3 is 10.4 Å². The van der Waals surface area contributed by atoms with E-state index in [1.54, 1.807) is 0 Å². The van der Waals surface area contributed by atoms with Crippen molar-refractivity contribution in [3.63, 3.8) is 0 Å². The zero-order valence-electron chi connectivity index (χ0n) is 24.2. The first-order valence-electron chi connectivity index (χ1n) is 15.8. The lowest BCUT2D eigenvalue weighted by molar-refractivity contribution is 0.234. The molecule has 0 aromatic heterocycles. The van der Waals surface area contributed by atoms with Gasteiger partial charge in [0, 0.05) is 5.92 Å². The van der Waals surface area contributed by atoms with Gasteiger partial charge in [0.25, 0.3) is 0 Å². The van der Waals surface area contributed by atoms with Crippen LogP contribution < -0.4 is 0 Å². The Morgan fingerprint density at radius 1 is 0.583 bits per heavy atom.